The Morgan fingerprint density at radius 2 is 1.89 bits per heavy atom. The van der Waals surface area contributed by atoms with Crippen LogP contribution < -0.4 is 4.90 Å². The van der Waals surface area contributed by atoms with E-state index in [9.17, 15) is 4.79 Å². The predicted octanol–water partition coefficient (Wildman–Crippen LogP) is 2.58. The molecule has 2 amide bonds. The van der Waals surface area contributed by atoms with Crippen LogP contribution in [0.3, 0.4) is 0 Å². The van der Waals surface area contributed by atoms with Gasteiger partial charge in [-0.05, 0) is 32.1 Å². The van der Waals surface area contributed by atoms with Crippen LogP contribution >= 0.6 is 0 Å². The van der Waals surface area contributed by atoms with Gasteiger partial charge in [0.05, 0.1) is 12.1 Å². The summed E-state index contributed by atoms with van der Waals surface area (Å²) in [5, 5.41) is 0. The summed E-state index contributed by atoms with van der Waals surface area (Å²) in [4.78, 5) is 16.1. The van der Waals surface area contributed by atoms with Crippen LogP contribution in [0.5, 0.6) is 0 Å². The highest BCUT2D eigenvalue weighted by Crippen LogP contribution is 2.31. The quantitative estimate of drug-likeness (QED) is 0.760. The lowest BCUT2D eigenvalue weighted by molar-refractivity contribution is 0.196. The zero-order chi connectivity index (χ0) is 12.7. The third-order valence-electron chi connectivity index (χ3n) is 3.39. The number of hydrogen-bond acceptors (Lipinski definition) is 2. The van der Waals surface area contributed by atoms with E-state index in [0.29, 0.717) is 12.5 Å². The maximum absolute atomic E-state index is 12.6. The van der Waals surface area contributed by atoms with Gasteiger partial charge in [-0.3, -0.25) is 9.80 Å². The third-order valence-corrected chi connectivity index (χ3v) is 3.39. The first-order valence-electron chi connectivity index (χ1n) is 6.20. The predicted molar refractivity (Wildman–Crippen MR) is 69.1 cm³/mol. The first-order chi connectivity index (χ1) is 8.68. The fourth-order valence-corrected chi connectivity index (χ4v) is 2.48. The molecule has 2 atom stereocenters. The minimum absolute atomic E-state index is 0.00352. The number of ether oxygens (including phenoxy) is 1. The number of nitrogens with zero attached hydrogens (tertiary/aromatic N) is 2. The number of amides is 2. The lowest BCUT2D eigenvalue weighted by Gasteiger charge is -2.36. The van der Waals surface area contributed by atoms with Crippen LogP contribution in [0.2, 0.25) is 0 Å². The number of carbonyl (C=O) groups excluding carboxylic acids is 1. The van der Waals surface area contributed by atoms with Gasteiger partial charge in [-0.2, -0.15) is 0 Å². The Hall–Kier alpha value is -1.97. The molecule has 0 aliphatic carbocycles. The van der Waals surface area contributed by atoms with Crippen LogP contribution in [0, 0.1) is 0 Å². The number of anilines is 1. The van der Waals surface area contributed by atoms with Gasteiger partial charge in [-0.1, -0.05) is 18.2 Å². The molecule has 0 saturated carbocycles. The third kappa shape index (κ3) is 1.56. The summed E-state index contributed by atoms with van der Waals surface area (Å²) in [5.41, 5.74) is 0.921. The molecule has 0 spiro atoms. The van der Waals surface area contributed by atoms with Crippen molar-refractivity contribution in [3.8, 4) is 0 Å². The number of rotatable bonds is 1. The highest BCUT2D eigenvalue weighted by Gasteiger charge is 2.40. The SMILES string of the molecule is C[C@@H]1COC2=C[C@H](C)N(c3ccccc3)C(=O)N21. The van der Waals surface area contributed by atoms with Crippen LogP contribution in [-0.4, -0.2) is 29.6 Å². The van der Waals surface area contributed by atoms with Crippen molar-refractivity contribution >= 4 is 11.7 Å². The first-order valence-corrected chi connectivity index (χ1v) is 6.20. The minimum atomic E-state index is -0.00352. The Balaban J connectivity index is 2.00. The van der Waals surface area contributed by atoms with E-state index >= 15 is 0 Å². The topological polar surface area (TPSA) is 32.8 Å². The zero-order valence-electron chi connectivity index (χ0n) is 10.5. The summed E-state index contributed by atoms with van der Waals surface area (Å²) in [6.45, 7) is 4.58. The van der Waals surface area contributed by atoms with Crippen molar-refractivity contribution in [3.63, 3.8) is 0 Å². The second kappa shape index (κ2) is 4.05. The number of carbonyl (C=O) groups is 1. The van der Waals surface area contributed by atoms with Crippen LogP contribution in [0.4, 0.5) is 10.5 Å². The molecule has 1 fully saturated rings. The second-order valence-corrected chi connectivity index (χ2v) is 4.76. The molecule has 0 radical (unpaired) electrons. The Labute approximate surface area is 106 Å². The average Bonchev–Trinajstić information content (AvgIpc) is 2.72. The maximum Gasteiger partial charge on any atom is 0.332 e. The summed E-state index contributed by atoms with van der Waals surface area (Å²) >= 11 is 0. The lowest BCUT2D eigenvalue weighted by Crippen LogP contribution is -2.51. The molecule has 1 aromatic rings. The van der Waals surface area contributed by atoms with E-state index in [-0.39, 0.29) is 18.1 Å². The summed E-state index contributed by atoms with van der Waals surface area (Å²) in [5.74, 6) is 0.701. The largest absolute Gasteiger partial charge is 0.477 e. The maximum atomic E-state index is 12.6. The smallest absolute Gasteiger partial charge is 0.332 e. The molecule has 2 aliphatic rings. The summed E-state index contributed by atoms with van der Waals surface area (Å²) in [6.07, 6.45) is 2.00. The van der Waals surface area contributed by atoms with E-state index in [4.69, 9.17) is 4.74 Å². The Morgan fingerprint density at radius 3 is 2.61 bits per heavy atom. The van der Waals surface area contributed by atoms with Crippen molar-refractivity contribution in [2.75, 3.05) is 11.5 Å². The fraction of sp³-hybridized carbons (Fsp3) is 0.357. The molecule has 2 aliphatic heterocycles. The minimum Gasteiger partial charge on any atom is -0.477 e. The summed E-state index contributed by atoms with van der Waals surface area (Å²) in [6, 6.07) is 9.85. The Kier molecular flexibility index (Phi) is 2.51. The molecule has 2 heterocycles. The van der Waals surface area contributed by atoms with E-state index in [0.717, 1.165) is 5.69 Å². The van der Waals surface area contributed by atoms with Crippen molar-refractivity contribution in [1.29, 1.82) is 0 Å². The van der Waals surface area contributed by atoms with Crippen LogP contribution in [-0.2, 0) is 4.74 Å². The second-order valence-electron chi connectivity index (χ2n) is 4.76. The van der Waals surface area contributed by atoms with Gasteiger partial charge in [-0.15, -0.1) is 0 Å². The molecule has 1 aromatic carbocycles. The summed E-state index contributed by atoms with van der Waals surface area (Å²) < 4.78 is 5.53. The number of fused-ring (bicyclic) bond motifs is 1. The lowest BCUT2D eigenvalue weighted by atomic mass is 10.1. The standard InChI is InChI=1S/C14H16N2O2/c1-10-8-13-16(11(2)9-18-13)14(17)15(10)12-6-4-3-5-7-12/h3-8,10-11H,9H2,1-2H3/t10-,11+/m0/s1. The molecule has 0 unspecified atom stereocenters. The number of para-hydroxylation sites is 1. The molecular weight excluding hydrogens is 228 g/mol. The van der Waals surface area contributed by atoms with Gasteiger partial charge in [0.15, 0.2) is 5.88 Å². The van der Waals surface area contributed by atoms with Crippen LogP contribution in [0.15, 0.2) is 42.3 Å². The molecular formula is C14H16N2O2. The molecule has 0 N–H and O–H groups in total. The molecule has 0 bridgehead atoms. The van der Waals surface area contributed by atoms with E-state index in [1.807, 2.05) is 50.3 Å². The molecule has 0 aromatic heterocycles. The molecule has 94 valence electrons. The van der Waals surface area contributed by atoms with E-state index in [2.05, 4.69) is 0 Å². The van der Waals surface area contributed by atoms with Crippen LogP contribution in [0.25, 0.3) is 0 Å². The fourth-order valence-electron chi connectivity index (χ4n) is 2.48. The molecule has 4 heteroatoms. The molecule has 1 saturated heterocycles. The average molecular weight is 244 g/mol. The van der Waals surface area contributed by atoms with Gasteiger partial charge in [0.2, 0.25) is 0 Å². The van der Waals surface area contributed by atoms with Crippen LogP contribution in [0.1, 0.15) is 13.8 Å². The highest BCUT2D eigenvalue weighted by molar-refractivity contribution is 5.95. The molecule has 3 rings (SSSR count). The highest BCUT2D eigenvalue weighted by atomic mass is 16.5. The summed E-state index contributed by atoms with van der Waals surface area (Å²) in [7, 11) is 0. The van der Waals surface area contributed by atoms with Gasteiger partial charge < -0.3 is 4.74 Å². The number of benzene rings is 1. The van der Waals surface area contributed by atoms with Gasteiger partial charge in [0.25, 0.3) is 0 Å². The normalized spacial score (nSPS) is 26.8. The van der Waals surface area contributed by atoms with Gasteiger partial charge in [0, 0.05) is 5.69 Å². The van der Waals surface area contributed by atoms with Gasteiger partial charge in [-0.25, -0.2) is 4.79 Å². The van der Waals surface area contributed by atoms with Crippen molar-refractivity contribution < 1.29 is 9.53 Å². The monoisotopic (exact) mass is 244 g/mol. The van der Waals surface area contributed by atoms with Gasteiger partial charge >= 0.3 is 6.03 Å². The van der Waals surface area contributed by atoms with Crippen molar-refractivity contribution in [2.45, 2.75) is 25.9 Å². The van der Waals surface area contributed by atoms with E-state index in [1.54, 1.807) is 9.80 Å². The number of urea groups is 1. The van der Waals surface area contributed by atoms with Crippen molar-refractivity contribution in [3.05, 3.63) is 42.3 Å². The number of hydrogen-bond donors (Lipinski definition) is 0. The molecule has 18 heavy (non-hydrogen) atoms. The first kappa shape index (κ1) is 11.1. The zero-order valence-corrected chi connectivity index (χ0v) is 10.5. The van der Waals surface area contributed by atoms with Crippen molar-refractivity contribution in [1.82, 2.24) is 4.90 Å². The van der Waals surface area contributed by atoms with Crippen molar-refractivity contribution in [2.24, 2.45) is 0 Å². The van der Waals surface area contributed by atoms with E-state index < -0.39 is 0 Å². The molecule has 4 nitrogen and oxygen atoms in total. The van der Waals surface area contributed by atoms with E-state index in [1.165, 1.54) is 0 Å². The Bertz CT molecular complexity index is 498. The van der Waals surface area contributed by atoms with Gasteiger partial charge in [0.1, 0.15) is 6.61 Å². The Morgan fingerprint density at radius 1 is 1.17 bits per heavy atom.